The fourth-order valence-electron chi connectivity index (χ4n) is 4.01. The summed E-state index contributed by atoms with van der Waals surface area (Å²) >= 11 is 0. The van der Waals surface area contributed by atoms with E-state index in [-0.39, 0.29) is 11.9 Å². The van der Waals surface area contributed by atoms with E-state index in [2.05, 4.69) is 11.6 Å². The number of hydrogen-bond donors (Lipinski definition) is 3. The van der Waals surface area contributed by atoms with Gasteiger partial charge in [-0.3, -0.25) is 4.99 Å². The lowest BCUT2D eigenvalue weighted by Crippen LogP contribution is -2.31. The fourth-order valence-corrected chi connectivity index (χ4v) is 4.01. The first kappa shape index (κ1) is 19.5. The van der Waals surface area contributed by atoms with Gasteiger partial charge in [0.15, 0.2) is 0 Å². The molecule has 5 atom stereocenters. The molecule has 1 aliphatic carbocycles. The monoisotopic (exact) mass is 372 g/mol. The molecule has 0 saturated heterocycles. The third kappa shape index (κ3) is 3.60. The van der Waals surface area contributed by atoms with Crippen LogP contribution in [0.2, 0.25) is 0 Å². The van der Waals surface area contributed by atoms with Gasteiger partial charge in [0.25, 0.3) is 0 Å². The van der Waals surface area contributed by atoms with Crippen LogP contribution < -0.4 is 0 Å². The zero-order chi connectivity index (χ0) is 19.7. The molecule has 27 heavy (non-hydrogen) atoms. The summed E-state index contributed by atoms with van der Waals surface area (Å²) in [5, 5.41) is 31.8. The maximum atomic E-state index is 13.1. The minimum Gasteiger partial charge on any atom is -0.390 e. The summed E-state index contributed by atoms with van der Waals surface area (Å²) in [6, 6.07) is 7.10. The predicted octanol–water partition coefficient (Wildman–Crippen LogP) is 2.90. The number of rotatable bonds is 5. The van der Waals surface area contributed by atoms with E-state index in [1.54, 1.807) is 0 Å². The largest absolute Gasteiger partial charge is 0.390 e. The van der Waals surface area contributed by atoms with Crippen LogP contribution in [-0.4, -0.2) is 37.8 Å². The quantitative estimate of drug-likeness (QED) is 0.706. The lowest BCUT2D eigenvalue weighted by molar-refractivity contribution is -0.0267. The van der Waals surface area contributed by atoms with Crippen molar-refractivity contribution < 1.29 is 19.7 Å². The van der Waals surface area contributed by atoms with Crippen LogP contribution in [-0.2, 0) is 0 Å². The summed E-state index contributed by atoms with van der Waals surface area (Å²) in [7, 11) is 0. The summed E-state index contributed by atoms with van der Waals surface area (Å²) in [4.78, 5) is 4.20. The number of hydrogen-bond acceptors (Lipinski definition) is 4. The average Bonchev–Trinajstić information content (AvgIpc) is 3.16. The van der Waals surface area contributed by atoms with Crippen molar-refractivity contribution in [1.82, 2.24) is 4.57 Å². The maximum absolute atomic E-state index is 13.1. The van der Waals surface area contributed by atoms with Crippen LogP contribution in [0.25, 0.3) is 0 Å². The van der Waals surface area contributed by atoms with Gasteiger partial charge in [0.05, 0.1) is 18.2 Å². The summed E-state index contributed by atoms with van der Waals surface area (Å²) < 4.78 is 15.0. The summed E-state index contributed by atoms with van der Waals surface area (Å²) in [6.07, 6.45) is 0.659. The van der Waals surface area contributed by atoms with Crippen LogP contribution in [0, 0.1) is 18.7 Å². The molecule has 144 valence electrons. The van der Waals surface area contributed by atoms with E-state index in [0.717, 1.165) is 17.0 Å². The Labute approximate surface area is 158 Å². The van der Waals surface area contributed by atoms with Crippen LogP contribution in [0.1, 0.15) is 42.3 Å². The minimum atomic E-state index is -1.08. The molecule has 0 radical (unpaired) electrons. The maximum Gasteiger partial charge on any atom is 0.123 e. The summed E-state index contributed by atoms with van der Waals surface area (Å²) in [5.74, 6) is -0.938. The van der Waals surface area contributed by atoms with Crippen molar-refractivity contribution in [3.63, 3.8) is 0 Å². The van der Waals surface area contributed by atoms with E-state index in [1.165, 1.54) is 30.5 Å². The first-order valence-electron chi connectivity index (χ1n) is 8.98. The molecule has 2 aromatic rings. The zero-order valence-electron chi connectivity index (χ0n) is 15.5. The van der Waals surface area contributed by atoms with E-state index >= 15 is 0 Å². The summed E-state index contributed by atoms with van der Waals surface area (Å²) in [6.45, 7) is 7.42. The Hall–Kier alpha value is -2.28. The van der Waals surface area contributed by atoms with E-state index in [9.17, 15) is 19.7 Å². The molecule has 1 aromatic heterocycles. The van der Waals surface area contributed by atoms with E-state index in [4.69, 9.17) is 0 Å². The van der Waals surface area contributed by atoms with Gasteiger partial charge in [-0.05, 0) is 44.0 Å². The molecule has 1 heterocycles. The fraction of sp³-hybridized carbons (Fsp3) is 0.381. The first-order chi connectivity index (χ1) is 12.8. The van der Waals surface area contributed by atoms with Crippen molar-refractivity contribution in [2.45, 2.75) is 44.6 Å². The highest BCUT2D eigenvalue weighted by molar-refractivity contribution is 6.00. The lowest BCUT2D eigenvalue weighted by atomic mass is 9.92. The van der Waals surface area contributed by atoms with Gasteiger partial charge in [-0.15, -0.1) is 0 Å². The number of aliphatic hydroxyl groups is 3. The molecule has 5 nitrogen and oxygen atoms in total. The number of aliphatic hydroxyl groups excluding tert-OH is 3. The highest BCUT2D eigenvalue weighted by Crippen LogP contribution is 2.42. The topological polar surface area (TPSA) is 78.0 Å². The predicted molar refractivity (Wildman–Crippen MR) is 102 cm³/mol. The van der Waals surface area contributed by atoms with Crippen LogP contribution >= 0.6 is 0 Å². The Morgan fingerprint density at radius 1 is 1.26 bits per heavy atom. The molecule has 6 heteroatoms. The first-order valence-corrected chi connectivity index (χ1v) is 8.98. The van der Waals surface area contributed by atoms with Gasteiger partial charge in [0, 0.05) is 35.3 Å². The van der Waals surface area contributed by atoms with Crippen LogP contribution in [0.4, 0.5) is 4.39 Å². The smallest absolute Gasteiger partial charge is 0.123 e. The molecule has 1 saturated carbocycles. The van der Waals surface area contributed by atoms with Gasteiger partial charge in [-0.25, -0.2) is 4.39 Å². The molecule has 1 aromatic carbocycles. The Balaban J connectivity index is 1.86. The second-order valence-corrected chi connectivity index (χ2v) is 7.06. The standard InChI is InChI=1S/C21H25FN2O3/c1-4-23-12(2)16-9-10-24(13(16)3)18-11-17(20(26)21(18)27)19(25)14-5-7-15(22)8-6-14/h4-10,17-21,25-27H,1,11H2,2-3H3/b23-12-/t17-,18-,19+,20-,21+/m1/s1. The van der Waals surface area contributed by atoms with Gasteiger partial charge >= 0.3 is 0 Å². The van der Waals surface area contributed by atoms with Crippen molar-refractivity contribution >= 4 is 5.71 Å². The van der Waals surface area contributed by atoms with Crippen molar-refractivity contribution in [3.8, 4) is 0 Å². The van der Waals surface area contributed by atoms with Crippen molar-refractivity contribution in [1.29, 1.82) is 0 Å². The lowest BCUT2D eigenvalue weighted by Gasteiger charge is -2.22. The second-order valence-electron chi connectivity index (χ2n) is 7.06. The van der Waals surface area contributed by atoms with E-state index < -0.39 is 24.2 Å². The highest BCUT2D eigenvalue weighted by Gasteiger charge is 2.46. The number of nitrogens with zero attached hydrogens (tertiary/aromatic N) is 2. The Morgan fingerprint density at radius 3 is 2.56 bits per heavy atom. The Bertz CT molecular complexity index is 844. The van der Waals surface area contributed by atoms with Crippen molar-refractivity contribution in [3.05, 3.63) is 71.9 Å². The Morgan fingerprint density at radius 2 is 1.93 bits per heavy atom. The molecular weight excluding hydrogens is 347 g/mol. The molecule has 1 aliphatic rings. The van der Waals surface area contributed by atoms with Gasteiger partial charge in [0.1, 0.15) is 11.9 Å². The highest BCUT2D eigenvalue weighted by atomic mass is 19.1. The van der Waals surface area contributed by atoms with Crippen molar-refractivity contribution in [2.24, 2.45) is 10.9 Å². The molecular formula is C21H25FN2O3. The Kier molecular flexibility index (Phi) is 5.60. The normalized spacial score (nSPS) is 27.0. The van der Waals surface area contributed by atoms with Crippen molar-refractivity contribution in [2.75, 3.05) is 0 Å². The molecule has 0 amide bonds. The number of aromatic nitrogens is 1. The van der Waals surface area contributed by atoms with Gasteiger partial charge in [0.2, 0.25) is 0 Å². The third-order valence-corrected chi connectivity index (χ3v) is 5.52. The SMILES string of the molecule is C=C/N=C(/C)c1ccn([C@@H]2C[C@H]([C@@H](O)c3ccc(F)cc3)[C@@H](O)[C@H]2O)c1C. The van der Waals surface area contributed by atoms with E-state index in [0.29, 0.717) is 12.0 Å². The van der Waals surface area contributed by atoms with E-state index in [1.807, 2.05) is 30.7 Å². The number of halogens is 1. The molecule has 1 fully saturated rings. The molecule has 3 rings (SSSR count). The molecule has 0 aliphatic heterocycles. The molecule has 0 spiro atoms. The van der Waals surface area contributed by atoms with Gasteiger partial charge in [-0.1, -0.05) is 18.7 Å². The van der Waals surface area contributed by atoms with Crippen LogP contribution in [0.3, 0.4) is 0 Å². The van der Waals surface area contributed by atoms with Crippen LogP contribution in [0.5, 0.6) is 0 Å². The minimum absolute atomic E-state index is 0.370. The number of aliphatic imine (C=N–C) groups is 1. The van der Waals surface area contributed by atoms with Gasteiger partial charge in [-0.2, -0.15) is 0 Å². The number of benzene rings is 1. The van der Waals surface area contributed by atoms with Gasteiger partial charge < -0.3 is 19.9 Å². The van der Waals surface area contributed by atoms with Crippen LogP contribution in [0.15, 0.2) is 54.3 Å². The summed E-state index contributed by atoms with van der Waals surface area (Å²) in [5.41, 5.74) is 3.20. The molecule has 0 bridgehead atoms. The zero-order valence-corrected chi connectivity index (χ0v) is 15.5. The molecule has 3 N–H and O–H groups in total. The second kappa shape index (κ2) is 7.76. The average molecular weight is 372 g/mol. The molecule has 0 unspecified atom stereocenters. The third-order valence-electron chi connectivity index (χ3n) is 5.52.